The maximum atomic E-state index is 13.7. The molecule has 0 spiro atoms. The summed E-state index contributed by atoms with van der Waals surface area (Å²) in [7, 11) is 0. The van der Waals surface area contributed by atoms with E-state index in [4.69, 9.17) is 16.6 Å². The molecule has 7 nitrogen and oxygen atoms in total. The molecule has 0 unspecified atom stereocenters. The average molecular weight is 552 g/mol. The van der Waals surface area contributed by atoms with Crippen LogP contribution in [0, 0.1) is 0 Å². The third kappa shape index (κ3) is 5.30. The van der Waals surface area contributed by atoms with Crippen LogP contribution in [-0.2, 0) is 12.3 Å². The van der Waals surface area contributed by atoms with Crippen LogP contribution in [0.1, 0.15) is 21.7 Å². The molecule has 6 rings (SSSR count). The number of aromatic nitrogens is 4. The summed E-state index contributed by atoms with van der Waals surface area (Å²) >= 11 is 7.46. The molecule has 0 aliphatic heterocycles. The summed E-state index contributed by atoms with van der Waals surface area (Å²) in [5, 5.41) is 4.46. The first kappa shape index (κ1) is 24.9. The molecule has 0 fully saturated rings. The number of imidazole rings is 1. The van der Waals surface area contributed by atoms with Crippen molar-refractivity contribution in [3.63, 3.8) is 0 Å². The fraction of sp³-hybridized carbons (Fsp3) is 0.0667. The number of H-pyrrole nitrogens is 1. The maximum absolute atomic E-state index is 13.7. The molecule has 192 valence electrons. The Morgan fingerprint density at radius 3 is 2.54 bits per heavy atom. The van der Waals surface area contributed by atoms with Crippen LogP contribution >= 0.6 is 23.4 Å². The van der Waals surface area contributed by atoms with Crippen molar-refractivity contribution in [1.29, 1.82) is 0 Å². The summed E-state index contributed by atoms with van der Waals surface area (Å²) in [6, 6.07) is 29.5. The molecule has 0 aliphatic rings. The number of hydrogen-bond acceptors (Lipinski definition) is 5. The van der Waals surface area contributed by atoms with Gasteiger partial charge in [-0.15, -0.1) is 0 Å². The van der Waals surface area contributed by atoms with E-state index in [2.05, 4.69) is 15.3 Å². The predicted molar refractivity (Wildman–Crippen MR) is 156 cm³/mol. The van der Waals surface area contributed by atoms with Gasteiger partial charge in [0.1, 0.15) is 5.82 Å². The number of thioether (sulfide) groups is 1. The SMILES string of the molecule is O=C(NCc1cccc(Cl)c1)c1ccc2c(=O)n(-c3ccccc3)c(SCc3nc4ccccc4[nH]3)nc2c1. The van der Waals surface area contributed by atoms with Crippen molar-refractivity contribution in [1.82, 2.24) is 24.8 Å². The largest absolute Gasteiger partial charge is 0.348 e. The summed E-state index contributed by atoms with van der Waals surface area (Å²) in [6.07, 6.45) is 0. The van der Waals surface area contributed by atoms with Crippen LogP contribution in [0.25, 0.3) is 27.6 Å². The number of halogens is 1. The van der Waals surface area contributed by atoms with Gasteiger partial charge in [0.15, 0.2) is 5.16 Å². The monoisotopic (exact) mass is 551 g/mol. The highest BCUT2D eigenvalue weighted by atomic mass is 35.5. The summed E-state index contributed by atoms with van der Waals surface area (Å²) in [6.45, 7) is 0.332. The second-order valence-electron chi connectivity index (χ2n) is 8.90. The van der Waals surface area contributed by atoms with Gasteiger partial charge in [0.05, 0.1) is 33.4 Å². The standard InChI is InChI=1S/C30H22ClN5O2S/c31-21-8-6-7-19(15-21)17-32-28(37)20-13-14-23-26(16-20)35-30(36(29(23)38)22-9-2-1-3-10-22)39-18-27-33-24-11-4-5-12-25(24)34-27/h1-16H,17-18H2,(H,32,37)(H,33,34). The van der Waals surface area contributed by atoms with E-state index >= 15 is 0 Å². The number of rotatable bonds is 7. The molecule has 2 N–H and O–H groups in total. The second kappa shape index (κ2) is 10.8. The average Bonchev–Trinajstić information content (AvgIpc) is 3.38. The number of nitrogens with zero attached hydrogens (tertiary/aromatic N) is 3. The number of aromatic amines is 1. The van der Waals surface area contributed by atoms with E-state index in [9.17, 15) is 9.59 Å². The van der Waals surface area contributed by atoms with Crippen LogP contribution in [0.2, 0.25) is 5.02 Å². The zero-order valence-electron chi connectivity index (χ0n) is 20.6. The van der Waals surface area contributed by atoms with Crippen LogP contribution < -0.4 is 10.9 Å². The first-order valence-electron chi connectivity index (χ1n) is 12.3. The third-order valence-corrected chi connectivity index (χ3v) is 7.42. The van der Waals surface area contributed by atoms with Crippen molar-refractivity contribution in [2.24, 2.45) is 0 Å². The van der Waals surface area contributed by atoms with E-state index in [-0.39, 0.29) is 11.5 Å². The Morgan fingerprint density at radius 2 is 1.72 bits per heavy atom. The van der Waals surface area contributed by atoms with Crippen molar-refractivity contribution < 1.29 is 4.79 Å². The van der Waals surface area contributed by atoms with Crippen LogP contribution in [0.15, 0.2) is 107 Å². The number of fused-ring (bicyclic) bond motifs is 2. The van der Waals surface area contributed by atoms with Gasteiger partial charge in [-0.1, -0.05) is 65.8 Å². The number of amides is 1. The van der Waals surface area contributed by atoms with E-state index in [0.29, 0.717) is 44.6 Å². The number of benzene rings is 4. The third-order valence-electron chi connectivity index (χ3n) is 6.23. The Balaban J connectivity index is 1.34. The Labute approximate surface area is 232 Å². The second-order valence-corrected chi connectivity index (χ2v) is 10.3. The Bertz CT molecular complexity index is 1850. The number of nitrogens with one attached hydrogen (secondary N) is 2. The fourth-order valence-corrected chi connectivity index (χ4v) is 5.44. The molecule has 1 amide bonds. The zero-order chi connectivity index (χ0) is 26.8. The van der Waals surface area contributed by atoms with Gasteiger partial charge in [-0.3, -0.25) is 14.2 Å². The Kier molecular flexibility index (Phi) is 6.87. The molecule has 6 aromatic rings. The molecule has 2 heterocycles. The van der Waals surface area contributed by atoms with Gasteiger partial charge in [0.25, 0.3) is 11.5 Å². The number of para-hydroxylation sites is 3. The van der Waals surface area contributed by atoms with Crippen LogP contribution in [0.4, 0.5) is 0 Å². The van der Waals surface area contributed by atoms with E-state index in [0.717, 1.165) is 22.4 Å². The lowest BCUT2D eigenvalue weighted by atomic mass is 10.1. The minimum absolute atomic E-state index is 0.204. The van der Waals surface area contributed by atoms with Gasteiger partial charge in [0.2, 0.25) is 0 Å². The molecular formula is C30H22ClN5O2S. The molecule has 0 radical (unpaired) electrons. The lowest BCUT2D eigenvalue weighted by Crippen LogP contribution is -2.24. The molecule has 4 aromatic carbocycles. The summed E-state index contributed by atoms with van der Waals surface area (Å²) < 4.78 is 1.61. The molecular weight excluding hydrogens is 530 g/mol. The molecule has 9 heteroatoms. The highest BCUT2D eigenvalue weighted by molar-refractivity contribution is 7.98. The van der Waals surface area contributed by atoms with Crippen molar-refractivity contribution in [2.75, 3.05) is 0 Å². The van der Waals surface area contributed by atoms with E-state index in [1.54, 1.807) is 34.9 Å². The van der Waals surface area contributed by atoms with Gasteiger partial charge in [-0.2, -0.15) is 0 Å². The van der Waals surface area contributed by atoms with Gasteiger partial charge in [-0.05, 0) is 60.2 Å². The van der Waals surface area contributed by atoms with E-state index in [1.807, 2.05) is 66.7 Å². The number of hydrogen-bond donors (Lipinski definition) is 2. The van der Waals surface area contributed by atoms with E-state index < -0.39 is 0 Å². The molecule has 39 heavy (non-hydrogen) atoms. The lowest BCUT2D eigenvalue weighted by Gasteiger charge is -2.13. The van der Waals surface area contributed by atoms with Crippen LogP contribution in [0.3, 0.4) is 0 Å². The van der Waals surface area contributed by atoms with Gasteiger partial charge >= 0.3 is 0 Å². The first-order chi connectivity index (χ1) is 19.0. The highest BCUT2D eigenvalue weighted by Gasteiger charge is 2.16. The summed E-state index contributed by atoms with van der Waals surface area (Å²) in [5.41, 5.74) is 4.11. The quantitative estimate of drug-likeness (QED) is 0.184. The topological polar surface area (TPSA) is 92.7 Å². The molecule has 0 atom stereocenters. The van der Waals surface area contributed by atoms with Gasteiger partial charge in [0, 0.05) is 17.1 Å². The Hall–Kier alpha value is -4.40. The fourth-order valence-electron chi connectivity index (χ4n) is 4.35. The van der Waals surface area contributed by atoms with Crippen LogP contribution in [-0.4, -0.2) is 25.4 Å². The summed E-state index contributed by atoms with van der Waals surface area (Å²) in [4.78, 5) is 39.4. The summed E-state index contributed by atoms with van der Waals surface area (Å²) in [5.74, 6) is 1.01. The molecule has 0 bridgehead atoms. The van der Waals surface area contributed by atoms with Crippen molar-refractivity contribution in [3.8, 4) is 5.69 Å². The Morgan fingerprint density at radius 1 is 0.897 bits per heavy atom. The maximum Gasteiger partial charge on any atom is 0.266 e. The minimum Gasteiger partial charge on any atom is -0.348 e. The highest BCUT2D eigenvalue weighted by Crippen LogP contribution is 2.25. The molecule has 0 saturated carbocycles. The van der Waals surface area contributed by atoms with Crippen LogP contribution in [0.5, 0.6) is 0 Å². The molecule has 0 saturated heterocycles. The van der Waals surface area contributed by atoms with Gasteiger partial charge < -0.3 is 10.3 Å². The first-order valence-corrected chi connectivity index (χ1v) is 13.6. The lowest BCUT2D eigenvalue weighted by molar-refractivity contribution is 0.0951. The van der Waals surface area contributed by atoms with Crippen molar-refractivity contribution in [3.05, 3.63) is 129 Å². The molecule has 0 aliphatic carbocycles. The van der Waals surface area contributed by atoms with Crippen molar-refractivity contribution in [2.45, 2.75) is 17.5 Å². The number of carbonyl (C=O) groups excluding carboxylic acids is 1. The smallest absolute Gasteiger partial charge is 0.266 e. The predicted octanol–water partition coefficient (Wildman–Crippen LogP) is 6.14. The van der Waals surface area contributed by atoms with E-state index in [1.165, 1.54) is 11.8 Å². The zero-order valence-corrected chi connectivity index (χ0v) is 22.2. The van der Waals surface area contributed by atoms with Gasteiger partial charge in [-0.25, -0.2) is 9.97 Å². The minimum atomic E-state index is -0.262. The normalized spacial score (nSPS) is 11.2. The van der Waals surface area contributed by atoms with Crippen molar-refractivity contribution >= 4 is 51.2 Å². The molecule has 2 aromatic heterocycles. The number of carbonyl (C=O) groups is 1.